The minimum absolute atomic E-state index is 0.239. The van der Waals surface area contributed by atoms with Crippen LogP contribution in [-0.4, -0.2) is 27.5 Å². The maximum Gasteiger partial charge on any atom is 0.340 e. The van der Waals surface area contributed by atoms with Crippen molar-refractivity contribution in [3.05, 3.63) is 40.4 Å². The van der Waals surface area contributed by atoms with Gasteiger partial charge >= 0.3 is 5.97 Å². The van der Waals surface area contributed by atoms with Crippen molar-refractivity contribution in [3.63, 3.8) is 0 Å². The van der Waals surface area contributed by atoms with E-state index in [9.17, 15) is 9.59 Å². The van der Waals surface area contributed by atoms with Crippen LogP contribution in [0.4, 0.5) is 5.69 Å². The molecule has 0 aliphatic rings. The van der Waals surface area contributed by atoms with Gasteiger partial charge < -0.3 is 15.5 Å². The maximum atomic E-state index is 11.9. The van der Waals surface area contributed by atoms with E-state index in [1.807, 2.05) is 0 Å². The van der Waals surface area contributed by atoms with Crippen LogP contribution in [0, 0.1) is 0 Å². The van der Waals surface area contributed by atoms with Gasteiger partial charge in [-0.2, -0.15) is 0 Å². The zero-order valence-electron chi connectivity index (χ0n) is 10.6. The lowest BCUT2D eigenvalue weighted by Crippen LogP contribution is -2.09. The number of anilines is 1. The Morgan fingerprint density at radius 1 is 1.50 bits per heavy atom. The standard InChI is InChI=1S/C12H12N4O3S/c1-2-19-11(18)8-5-7(13)6-15-10(8)20-12-14-4-3-9(17)16-12/h3-6H,2,13H2,1H3,(H,14,16,17). The minimum Gasteiger partial charge on any atom is -0.462 e. The molecular formula is C12H12N4O3S. The first kappa shape index (κ1) is 14.1. The summed E-state index contributed by atoms with van der Waals surface area (Å²) in [5, 5.41) is 0.701. The van der Waals surface area contributed by atoms with Gasteiger partial charge in [-0.3, -0.25) is 4.79 Å². The molecule has 0 aliphatic carbocycles. The van der Waals surface area contributed by atoms with Gasteiger partial charge in [-0.25, -0.2) is 14.8 Å². The van der Waals surface area contributed by atoms with E-state index in [4.69, 9.17) is 10.5 Å². The van der Waals surface area contributed by atoms with E-state index in [1.165, 1.54) is 24.5 Å². The fraction of sp³-hybridized carbons (Fsp3) is 0.167. The van der Waals surface area contributed by atoms with Gasteiger partial charge in [0.05, 0.1) is 24.1 Å². The molecule has 2 heterocycles. The van der Waals surface area contributed by atoms with E-state index in [1.54, 1.807) is 6.92 Å². The van der Waals surface area contributed by atoms with Crippen LogP contribution < -0.4 is 11.3 Å². The summed E-state index contributed by atoms with van der Waals surface area (Å²) in [5.74, 6) is -0.520. The Bertz CT molecular complexity index is 686. The lowest BCUT2D eigenvalue weighted by atomic mass is 10.3. The van der Waals surface area contributed by atoms with Crippen LogP contribution in [0.3, 0.4) is 0 Å². The van der Waals surface area contributed by atoms with Crippen molar-refractivity contribution in [3.8, 4) is 0 Å². The molecule has 2 rings (SSSR count). The van der Waals surface area contributed by atoms with Crippen LogP contribution in [0.1, 0.15) is 17.3 Å². The number of aromatic nitrogens is 3. The van der Waals surface area contributed by atoms with Crippen molar-refractivity contribution < 1.29 is 9.53 Å². The van der Waals surface area contributed by atoms with Crippen LogP contribution >= 0.6 is 11.8 Å². The van der Waals surface area contributed by atoms with E-state index in [0.717, 1.165) is 11.8 Å². The number of ether oxygens (including phenoxy) is 1. The SMILES string of the molecule is CCOC(=O)c1cc(N)cnc1Sc1nccc(=O)[nH]1. The number of hydrogen-bond acceptors (Lipinski definition) is 7. The number of esters is 1. The van der Waals surface area contributed by atoms with Gasteiger partial charge in [-0.15, -0.1) is 0 Å². The van der Waals surface area contributed by atoms with Crippen molar-refractivity contribution in [2.24, 2.45) is 0 Å². The third kappa shape index (κ3) is 3.35. The first-order valence-electron chi connectivity index (χ1n) is 5.76. The van der Waals surface area contributed by atoms with Gasteiger partial charge in [0, 0.05) is 12.3 Å². The molecule has 0 spiro atoms. The molecule has 0 unspecified atom stereocenters. The van der Waals surface area contributed by atoms with Crippen LogP contribution in [0.2, 0.25) is 0 Å². The van der Waals surface area contributed by atoms with Crippen molar-refractivity contribution >= 4 is 23.4 Å². The predicted octanol–water partition coefficient (Wildman–Crippen LogP) is 1.07. The second kappa shape index (κ2) is 6.20. The minimum atomic E-state index is -0.520. The Balaban J connectivity index is 2.36. The zero-order valence-corrected chi connectivity index (χ0v) is 11.4. The number of hydrogen-bond donors (Lipinski definition) is 2. The molecule has 0 amide bonds. The number of nitrogens with one attached hydrogen (secondary N) is 1. The number of carbonyl (C=O) groups excluding carboxylic acids is 1. The van der Waals surface area contributed by atoms with E-state index >= 15 is 0 Å². The molecule has 0 radical (unpaired) electrons. The van der Waals surface area contributed by atoms with Crippen molar-refractivity contribution in [2.45, 2.75) is 17.1 Å². The quantitative estimate of drug-likeness (QED) is 0.640. The van der Waals surface area contributed by atoms with Gasteiger partial charge in [0.25, 0.3) is 5.56 Å². The summed E-state index contributed by atoms with van der Waals surface area (Å²) < 4.78 is 4.94. The second-order valence-corrected chi connectivity index (χ2v) is 4.66. The first-order valence-corrected chi connectivity index (χ1v) is 6.57. The van der Waals surface area contributed by atoms with Gasteiger partial charge in [0.2, 0.25) is 0 Å². The Morgan fingerprint density at radius 3 is 3.00 bits per heavy atom. The average Bonchev–Trinajstić information content (AvgIpc) is 2.41. The van der Waals surface area contributed by atoms with E-state index in [-0.39, 0.29) is 17.7 Å². The molecule has 0 bridgehead atoms. The molecule has 0 atom stereocenters. The molecule has 20 heavy (non-hydrogen) atoms. The number of nitrogens with two attached hydrogens (primary N) is 1. The van der Waals surface area contributed by atoms with Crippen LogP contribution in [-0.2, 0) is 4.74 Å². The van der Waals surface area contributed by atoms with Crippen molar-refractivity contribution in [1.82, 2.24) is 15.0 Å². The molecule has 7 nitrogen and oxygen atoms in total. The molecule has 2 aromatic heterocycles. The highest BCUT2D eigenvalue weighted by Crippen LogP contribution is 2.26. The summed E-state index contributed by atoms with van der Waals surface area (Å²) in [5.41, 5.74) is 5.94. The topological polar surface area (TPSA) is 111 Å². The third-order valence-corrected chi connectivity index (χ3v) is 3.13. The Kier molecular flexibility index (Phi) is 4.36. The molecule has 104 valence electrons. The Labute approximate surface area is 118 Å². The first-order chi connectivity index (χ1) is 9.60. The highest BCUT2D eigenvalue weighted by molar-refractivity contribution is 7.99. The Morgan fingerprint density at radius 2 is 2.30 bits per heavy atom. The summed E-state index contributed by atoms with van der Waals surface area (Å²) in [7, 11) is 0. The summed E-state index contributed by atoms with van der Waals surface area (Å²) in [4.78, 5) is 33.7. The number of carbonyl (C=O) groups is 1. The number of nitrogen functional groups attached to an aromatic ring is 1. The van der Waals surface area contributed by atoms with E-state index < -0.39 is 5.97 Å². The highest BCUT2D eigenvalue weighted by Gasteiger charge is 2.16. The van der Waals surface area contributed by atoms with Crippen LogP contribution in [0.25, 0.3) is 0 Å². The third-order valence-electron chi connectivity index (χ3n) is 2.21. The second-order valence-electron chi connectivity index (χ2n) is 3.68. The summed E-state index contributed by atoms with van der Waals surface area (Å²) >= 11 is 1.06. The highest BCUT2D eigenvalue weighted by atomic mass is 32.2. The molecule has 0 fully saturated rings. The smallest absolute Gasteiger partial charge is 0.340 e. The van der Waals surface area contributed by atoms with Crippen LogP contribution in [0.15, 0.2) is 39.5 Å². The van der Waals surface area contributed by atoms with Gasteiger partial charge in [-0.1, -0.05) is 0 Å². The molecular weight excluding hydrogens is 280 g/mol. The molecule has 0 saturated carbocycles. The van der Waals surface area contributed by atoms with Crippen molar-refractivity contribution in [2.75, 3.05) is 12.3 Å². The number of pyridine rings is 1. The monoisotopic (exact) mass is 292 g/mol. The molecule has 3 N–H and O–H groups in total. The number of H-pyrrole nitrogens is 1. The predicted molar refractivity (Wildman–Crippen MR) is 73.6 cm³/mol. The molecule has 2 aromatic rings. The summed E-state index contributed by atoms with van der Waals surface area (Å²) in [6.45, 7) is 1.96. The lowest BCUT2D eigenvalue weighted by molar-refractivity contribution is 0.0521. The van der Waals surface area contributed by atoms with Gasteiger partial charge in [0.1, 0.15) is 5.03 Å². The zero-order chi connectivity index (χ0) is 14.5. The Hall–Kier alpha value is -2.35. The van der Waals surface area contributed by atoms with Crippen molar-refractivity contribution in [1.29, 1.82) is 0 Å². The number of aromatic amines is 1. The normalized spacial score (nSPS) is 10.2. The average molecular weight is 292 g/mol. The molecule has 0 saturated heterocycles. The van der Waals surface area contributed by atoms with E-state index in [2.05, 4.69) is 15.0 Å². The molecule has 0 aromatic carbocycles. The lowest BCUT2D eigenvalue weighted by Gasteiger charge is -2.07. The van der Waals surface area contributed by atoms with E-state index in [0.29, 0.717) is 15.9 Å². The molecule has 8 heteroatoms. The maximum absolute atomic E-state index is 11.9. The summed E-state index contributed by atoms with van der Waals surface area (Å²) in [6, 6.07) is 2.78. The largest absolute Gasteiger partial charge is 0.462 e. The van der Waals surface area contributed by atoms with Gasteiger partial charge in [0.15, 0.2) is 5.16 Å². The van der Waals surface area contributed by atoms with Crippen LogP contribution in [0.5, 0.6) is 0 Å². The molecule has 0 aliphatic heterocycles. The number of nitrogens with zero attached hydrogens (tertiary/aromatic N) is 2. The fourth-order valence-corrected chi connectivity index (χ4v) is 2.21. The van der Waals surface area contributed by atoms with Gasteiger partial charge in [-0.05, 0) is 24.8 Å². The fourth-order valence-electron chi connectivity index (χ4n) is 1.40. The number of rotatable bonds is 4. The summed E-state index contributed by atoms with van der Waals surface area (Å²) in [6.07, 6.45) is 2.80.